The van der Waals surface area contributed by atoms with Crippen molar-refractivity contribution < 1.29 is 9.53 Å². The molecule has 1 aromatic rings. The molecule has 0 fully saturated rings. The van der Waals surface area contributed by atoms with E-state index in [1.165, 1.54) is 0 Å². The Kier molecular flexibility index (Phi) is 5.85. The Morgan fingerprint density at radius 1 is 1.33 bits per heavy atom. The summed E-state index contributed by atoms with van der Waals surface area (Å²) in [4.78, 5) is 11.2. The van der Waals surface area contributed by atoms with E-state index >= 15 is 0 Å². The van der Waals surface area contributed by atoms with Crippen LogP contribution < -0.4 is 10.1 Å². The summed E-state index contributed by atoms with van der Waals surface area (Å²) in [5.74, 6) is 0.816. The van der Waals surface area contributed by atoms with E-state index in [0.717, 1.165) is 11.1 Å². The molecule has 0 unspecified atom stereocenters. The van der Waals surface area contributed by atoms with Gasteiger partial charge in [-0.3, -0.25) is 4.79 Å². The first-order chi connectivity index (χ1) is 7.33. The number of benzene rings is 1. The molecule has 0 aliphatic heterocycles. The summed E-state index contributed by atoms with van der Waals surface area (Å²) in [5, 5.41) is 3.53. The highest BCUT2D eigenvalue weighted by molar-refractivity contribution is 9.09. The monoisotopic (exact) mass is 271 g/mol. The SMILES string of the molecule is O=C(CCOc1ccccc1)NCCBr. The summed E-state index contributed by atoms with van der Waals surface area (Å²) in [6.45, 7) is 1.07. The molecule has 0 aromatic heterocycles. The zero-order valence-corrected chi connectivity index (χ0v) is 10.00. The summed E-state index contributed by atoms with van der Waals surface area (Å²) in [6, 6.07) is 9.48. The van der Waals surface area contributed by atoms with Crippen molar-refractivity contribution in [1.82, 2.24) is 5.32 Å². The maximum absolute atomic E-state index is 11.2. The number of nitrogens with one attached hydrogen (secondary N) is 1. The Bertz CT molecular complexity index is 290. The summed E-state index contributed by atoms with van der Waals surface area (Å²) >= 11 is 3.24. The quantitative estimate of drug-likeness (QED) is 0.804. The Balaban J connectivity index is 2.14. The molecule has 0 radical (unpaired) electrons. The Morgan fingerprint density at radius 2 is 2.07 bits per heavy atom. The van der Waals surface area contributed by atoms with E-state index in [9.17, 15) is 4.79 Å². The average molecular weight is 272 g/mol. The summed E-state index contributed by atoms with van der Waals surface area (Å²) < 4.78 is 5.38. The van der Waals surface area contributed by atoms with Gasteiger partial charge in [-0.25, -0.2) is 0 Å². The minimum atomic E-state index is 0.0189. The number of rotatable bonds is 6. The summed E-state index contributed by atoms with van der Waals surface area (Å²) in [7, 11) is 0. The molecule has 0 atom stereocenters. The highest BCUT2D eigenvalue weighted by Gasteiger charge is 2.00. The van der Waals surface area contributed by atoms with Gasteiger partial charge < -0.3 is 10.1 Å². The second kappa shape index (κ2) is 7.29. The number of amides is 1. The first kappa shape index (κ1) is 12.0. The van der Waals surface area contributed by atoms with Crippen molar-refractivity contribution in [3.63, 3.8) is 0 Å². The fraction of sp³-hybridized carbons (Fsp3) is 0.364. The number of carbonyl (C=O) groups is 1. The molecule has 0 aliphatic rings. The van der Waals surface area contributed by atoms with Gasteiger partial charge in [0.15, 0.2) is 0 Å². The molecular weight excluding hydrogens is 258 g/mol. The van der Waals surface area contributed by atoms with Gasteiger partial charge in [-0.2, -0.15) is 0 Å². The fourth-order valence-electron chi connectivity index (χ4n) is 1.05. The largest absolute Gasteiger partial charge is 0.493 e. The fourth-order valence-corrected chi connectivity index (χ4v) is 1.25. The molecular formula is C11H14BrNO2. The predicted molar refractivity (Wildman–Crippen MR) is 63.4 cm³/mol. The van der Waals surface area contributed by atoms with Crippen LogP contribution in [0.1, 0.15) is 6.42 Å². The minimum Gasteiger partial charge on any atom is -0.493 e. The molecule has 0 bridgehead atoms. The van der Waals surface area contributed by atoms with Gasteiger partial charge in [-0.05, 0) is 12.1 Å². The molecule has 0 spiro atoms. The first-order valence-corrected chi connectivity index (χ1v) is 5.95. The number of alkyl halides is 1. The number of para-hydroxylation sites is 1. The van der Waals surface area contributed by atoms with Crippen molar-refractivity contribution in [3.8, 4) is 5.75 Å². The normalized spacial score (nSPS) is 9.67. The molecule has 1 aromatic carbocycles. The molecule has 15 heavy (non-hydrogen) atoms. The summed E-state index contributed by atoms with van der Waals surface area (Å²) in [6.07, 6.45) is 0.391. The third kappa shape index (κ3) is 5.42. The van der Waals surface area contributed by atoms with Gasteiger partial charge in [0.05, 0.1) is 13.0 Å². The van der Waals surface area contributed by atoms with Crippen molar-refractivity contribution in [3.05, 3.63) is 30.3 Å². The van der Waals surface area contributed by atoms with Gasteiger partial charge in [0.1, 0.15) is 5.75 Å². The van der Waals surface area contributed by atoms with E-state index < -0.39 is 0 Å². The number of carbonyl (C=O) groups excluding carboxylic acids is 1. The minimum absolute atomic E-state index is 0.0189. The molecule has 4 heteroatoms. The van der Waals surface area contributed by atoms with Crippen molar-refractivity contribution in [2.75, 3.05) is 18.5 Å². The van der Waals surface area contributed by atoms with Gasteiger partial charge in [-0.1, -0.05) is 34.1 Å². The zero-order valence-electron chi connectivity index (χ0n) is 8.41. The predicted octanol–water partition coefficient (Wildman–Crippen LogP) is 1.97. The van der Waals surface area contributed by atoms with E-state index in [1.54, 1.807) is 0 Å². The van der Waals surface area contributed by atoms with Crippen molar-refractivity contribution in [1.29, 1.82) is 0 Å². The molecule has 0 saturated heterocycles. The molecule has 1 rings (SSSR count). The molecule has 0 saturated carbocycles. The summed E-state index contributed by atoms with van der Waals surface area (Å²) in [5.41, 5.74) is 0. The maximum atomic E-state index is 11.2. The Hall–Kier alpha value is -1.03. The highest BCUT2D eigenvalue weighted by Crippen LogP contribution is 2.08. The van der Waals surface area contributed by atoms with Crippen LogP contribution in [0.2, 0.25) is 0 Å². The molecule has 3 nitrogen and oxygen atoms in total. The molecule has 0 aliphatic carbocycles. The lowest BCUT2D eigenvalue weighted by Crippen LogP contribution is -2.26. The van der Waals surface area contributed by atoms with Crippen LogP contribution in [-0.2, 0) is 4.79 Å². The Labute approximate surface area is 97.9 Å². The van der Waals surface area contributed by atoms with E-state index in [0.29, 0.717) is 19.6 Å². The zero-order chi connectivity index (χ0) is 10.9. The lowest BCUT2D eigenvalue weighted by molar-refractivity contribution is -0.121. The third-order valence-electron chi connectivity index (χ3n) is 1.76. The van der Waals surface area contributed by atoms with Gasteiger partial charge >= 0.3 is 0 Å². The van der Waals surface area contributed by atoms with E-state index in [4.69, 9.17) is 4.74 Å². The molecule has 82 valence electrons. The van der Waals surface area contributed by atoms with Crippen LogP contribution in [0.25, 0.3) is 0 Å². The molecule has 0 heterocycles. The second-order valence-electron chi connectivity index (χ2n) is 2.95. The number of hydrogen-bond donors (Lipinski definition) is 1. The average Bonchev–Trinajstić information content (AvgIpc) is 2.28. The lowest BCUT2D eigenvalue weighted by Gasteiger charge is -2.05. The maximum Gasteiger partial charge on any atom is 0.223 e. The van der Waals surface area contributed by atoms with Crippen molar-refractivity contribution >= 4 is 21.8 Å². The topological polar surface area (TPSA) is 38.3 Å². The van der Waals surface area contributed by atoms with Crippen LogP contribution in [-0.4, -0.2) is 24.4 Å². The van der Waals surface area contributed by atoms with Gasteiger partial charge in [0, 0.05) is 11.9 Å². The number of hydrogen-bond acceptors (Lipinski definition) is 2. The standard InChI is InChI=1S/C11H14BrNO2/c12-7-8-13-11(14)6-9-15-10-4-2-1-3-5-10/h1-5H,6-9H2,(H,13,14). The van der Waals surface area contributed by atoms with E-state index in [2.05, 4.69) is 21.2 Å². The highest BCUT2D eigenvalue weighted by atomic mass is 79.9. The second-order valence-corrected chi connectivity index (χ2v) is 3.74. The lowest BCUT2D eigenvalue weighted by atomic mass is 10.3. The Morgan fingerprint density at radius 3 is 2.73 bits per heavy atom. The van der Waals surface area contributed by atoms with E-state index in [-0.39, 0.29) is 5.91 Å². The van der Waals surface area contributed by atoms with Crippen molar-refractivity contribution in [2.45, 2.75) is 6.42 Å². The van der Waals surface area contributed by atoms with Crippen LogP contribution in [0, 0.1) is 0 Å². The van der Waals surface area contributed by atoms with Gasteiger partial charge in [-0.15, -0.1) is 0 Å². The molecule has 1 N–H and O–H groups in total. The van der Waals surface area contributed by atoms with Gasteiger partial charge in [0.25, 0.3) is 0 Å². The number of ether oxygens (including phenoxy) is 1. The number of halogens is 1. The van der Waals surface area contributed by atoms with Crippen molar-refractivity contribution in [2.24, 2.45) is 0 Å². The van der Waals surface area contributed by atoms with Crippen LogP contribution >= 0.6 is 15.9 Å². The van der Waals surface area contributed by atoms with Crippen LogP contribution in [0.15, 0.2) is 30.3 Å². The smallest absolute Gasteiger partial charge is 0.223 e. The van der Waals surface area contributed by atoms with Crippen LogP contribution in [0.3, 0.4) is 0 Å². The first-order valence-electron chi connectivity index (χ1n) is 4.83. The third-order valence-corrected chi connectivity index (χ3v) is 2.15. The van der Waals surface area contributed by atoms with Crippen LogP contribution in [0.4, 0.5) is 0 Å². The van der Waals surface area contributed by atoms with E-state index in [1.807, 2.05) is 30.3 Å². The molecule has 1 amide bonds. The van der Waals surface area contributed by atoms with Crippen LogP contribution in [0.5, 0.6) is 5.75 Å². The van der Waals surface area contributed by atoms with Gasteiger partial charge in [0.2, 0.25) is 5.91 Å².